The van der Waals surface area contributed by atoms with Gasteiger partial charge in [0.25, 0.3) is 0 Å². The molecule has 1 heterocycles. The molecule has 0 aliphatic heterocycles. The zero-order chi connectivity index (χ0) is 14.9. The van der Waals surface area contributed by atoms with Crippen LogP contribution in [0.5, 0.6) is 0 Å². The predicted molar refractivity (Wildman–Crippen MR) is 96.4 cm³/mol. The smallest absolute Gasteiger partial charge is 0.0995 e. The Hall–Kier alpha value is 0.420. The molecule has 1 atom stereocenters. The fourth-order valence-electron chi connectivity index (χ4n) is 2.02. The summed E-state index contributed by atoms with van der Waals surface area (Å²) in [6, 6.07) is 6.17. The number of thiophene rings is 1. The molecule has 0 amide bonds. The number of hydrogen-bond donors (Lipinski definition) is 1. The van der Waals surface area contributed by atoms with E-state index in [4.69, 9.17) is 23.2 Å². The van der Waals surface area contributed by atoms with E-state index in [2.05, 4.69) is 63.2 Å². The van der Waals surface area contributed by atoms with Crippen molar-refractivity contribution in [3.8, 4) is 0 Å². The van der Waals surface area contributed by atoms with Crippen LogP contribution in [-0.4, -0.2) is 6.54 Å². The van der Waals surface area contributed by atoms with E-state index in [9.17, 15) is 0 Å². The van der Waals surface area contributed by atoms with Crippen molar-refractivity contribution >= 4 is 66.4 Å². The molecule has 20 heavy (non-hydrogen) atoms. The molecule has 0 saturated carbocycles. The maximum Gasteiger partial charge on any atom is 0.0995 e. The quantitative estimate of drug-likeness (QED) is 0.546. The lowest BCUT2D eigenvalue weighted by atomic mass is 10.00. The molecule has 6 heteroatoms. The van der Waals surface area contributed by atoms with Gasteiger partial charge in [0.1, 0.15) is 0 Å². The molecule has 0 fully saturated rings. The molecule has 1 aromatic heterocycles. The van der Waals surface area contributed by atoms with Crippen LogP contribution in [0, 0.1) is 6.92 Å². The molecule has 2 rings (SSSR count). The van der Waals surface area contributed by atoms with Gasteiger partial charge in [-0.1, -0.05) is 62.0 Å². The number of halogens is 4. The molecular formula is C14H13Br2Cl2NS. The van der Waals surface area contributed by atoms with E-state index in [-0.39, 0.29) is 6.04 Å². The third kappa shape index (κ3) is 3.60. The van der Waals surface area contributed by atoms with Crippen molar-refractivity contribution in [1.82, 2.24) is 5.32 Å². The van der Waals surface area contributed by atoms with Gasteiger partial charge < -0.3 is 5.32 Å². The molecule has 0 bridgehead atoms. The fraction of sp³-hybridized carbons (Fsp3) is 0.286. The van der Waals surface area contributed by atoms with Gasteiger partial charge in [0.2, 0.25) is 0 Å². The molecule has 2 aromatic rings. The van der Waals surface area contributed by atoms with Gasteiger partial charge in [0, 0.05) is 14.5 Å². The summed E-state index contributed by atoms with van der Waals surface area (Å²) in [5, 5.41) is 3.47. The highest BCUT2D eigenvalue weighted by Crippen LogP contribution is 2.40. The van der Waals surface area contributed by atoms with E-state index < -0.39 is 0 Å². The number of benzene rings is 1. The minimum atomic E-state index is 0.0162. The fourth-order valence-corrected chi connectivity index (χ4v) is 4.60. The van der Waals surface area contributed by atoms with E-state index in [1.807, 2.05) is 6.07 Å². The van der Waals surface area contributed by atoms with Crippen LogP contribution in [0.4, 0.5) is 0 Å². The molecule has 0 saturated heterocycles. The van der Waals surface area contributed by atoms with Crippen molar-refractivity contribution < 1.29 is 0 Å². The Morgan fingerprint density at radius 2 is 1.85 bits per heavy atom. The topological polar surface area (TPSA) is 12.0 Å². The highest BCUT2D eigenvalue weighted by Gasteiger charge is 2.21. The third-order valence-corrected chi connectivity index (χ3v) is 6.05. The van der Waals surface area contributed by atoms with Crippen molar-refractivity contribution in [2.45, 2.75) is 19.9 Å². The van der Waals surface area contributed by atoms with Crippen molar-refractivity contribution in [3.63, 3.8) is 0 Å². The molecule has 0 radical (unpaired) electrons. The average Bonchev–Trinajstić information content (AvgIpc) is 2.70. The summed E-state index contributed by atoms with van der Waals surface area (Å²) >= 11 is 21.0. The summed E-state index contributed by atoms with van der Waals surface area (Å²) in [5.41, 5.74) is 3.34. The monoisotopic (exact) mass is 455 g/mol. The van der Waals surface area contributed by atoms with Crippen LogP contribution in [0.25, 0.3) is 0 Å². The van der Waals surface area contributed by atoms with Crippen LogP contribution < -0.4 is 5.32 Å². The number of rotatable bonds is 4. The Kier molecular flexibility index (Phi) is 5.98. The molecular weight excluding hydrogens is 445 g/mol. The van der Waals surface area contributed by atoms with E-state index in [0.29, 0.717) is 4.34 Å². The van der Waals surface area contributed by atoms with Gasteiger partial charge in [0.15, 0.2) is 0 Å². The lowest BCUT2D eigenvalue weighted by Gasteiger charge is -2.20. The molecule has 1 aromatic carbocycles. The molecule has 1 N–H and O–H groups in total. The Morgan fingerprint density at radius 1 is 1.15 bits per heavy atom. The van der Waals surface area contributed by atoms with Gasteiger partial charge in [-0.25, -0.2) is 0 Å². The van der Waals surface area contributed by atoms with Crippen molar-refractivity contribution in [1.29, 1.82) is 0 Å². The SMILES string of the molecule is CCNC(c1cc(Br)c(C)cc1Br)c1cc(Cl)sc1Cl. The minimum absolute atomic E-state index is 0.0162. The summed E-state index contributed by atoms with van der Waals surface area (Å²) in [7, 11) is 0. The summed E-state index contributed by atoms with van der Waals surface area (Å²) in [4.78, 5) is 0. The van der Waals surface area contributed by atoms with Crippen LogP contribution in [0.15, 0.2) is 27.1 Å². The summed E-state index contributed by atoms with van der Waals surface area (Å²) < 4.78 is 3.57. The second kappa shape index (κ2) is 7.12. The maximum absolute atomic E-state index is 6.32. The Balaban J connectivity index is 2.54. The second-order valence-corrected chi connectivity index (χ2v) is 8.39. The maximum atomic E-state index is 6.32. The van der Waals surface area contributed by atoms with Crippen molar-refractivity contribution in [3.05, 3.63) is 52.5 Å². The van der Waals surface area contributed by atoms with E-state index >= 15 is 0 Å². The first kappa shape index (κ1) is 16.8. The van der Waals surface area contributed by atoms with Crippen molar-refractivity contribution in [2.24, 2.45) is 0 Å². The molecule has 0 spiro atoms. The van der Waals surface area contributed by atoms with Crippen LogP contribution in [-0.2, 0) is 0 Å². The Labute approximate surface area is 149 Å². The highest BCUT2D eigenvalue weighted by molar-refractivity contribution is 9.11. The standard InChI is InChI=1S/C14H13Br2Cl2NS/c1-3-19-13(9-6-12(17)20-14(9)18)8-5-10(15)7(2)4-11(8)16/h4-6,13,19H,3H2,1-2H3. The van der Waals surface area contributed by atoms with Gasteiger partial charge in [-0.15, -0.1) is 11.3 Å². The van der Waals surface area contributed by atoms with Gasteiger partial charge in [0.05, 0.1) is 14.7 Å². The van der Waals surface area contributed by atoms with Gasteiger partial charge in [-0.3, -0.25) is 0 Å². The average molecular weight is 458 g/mol. The predicted octanol–water partition coefficient (Wildman–Crippen LogP) is 6.59. The molecule has 0 aliphatic rings. The van der Waals surface area contributed by atoms with Crippen LogP contribution in [0.3, 0.4) is 0 Å². The van der Waals surface area contributed by atoms with Crippen molar-refractivity contribution in [2.75, 3.05) is 6.54 Å². The Morgan fingerprint density at radius 3 is 2.40 bits per heavy atom. The summed E-state index contributed by atoms with van der Waals surface area (Å²) in [6.07, 6.45) is 0. The normalized spacial score (nSPS) is 12.7. The summed E-state index contributed by atoms with van der Waals surface area (Å²) in [5.74, 6) is 0. The van der Waals surface area contributed by atoms with E-state index in [1.165, 1.54) is 16.9 Å². The molecule has 108 valence electrons. The lowest BCUT2D eigenvalue weighted by molar-refractivity contribution is 0.630. The largest absolute Gasteiger partial charge is 0.306 e. The van der Waals surface area contributed by atoms with Gasteiger partial charge in [-0.05, 0) is 42.8 Å². The zero-order valence-corrected chi connectivity index (χ0v) is 16.4. The van der Waals surface area contributed by atoms with Gasteiger partial charge in [-0.2, -0.15) is 0 Å². The highest BCUT2D eigenvalue weighted by atomic mass is 79.9. The first-order chi connectivity index (χ1) is 9.43. The number of hydrogen-bond acceptors (Lipinski definition) is 2. The first-order valence-electron chi connectivity index (χ1n) is 6.07. The second-order valence-electron chi connectivity index (χ2n) is 4.39. The molecule has 0 aliphatic carbocycles. The third-order valence-electron chi connectivity index (χ3n) is 2.99. The molecule has 1 nitrogen and oxygen atoms in total. The number of nitrogens with one attached hydrogen (secondary N) is 1. The van der Waals surface area contributed by atoms with E-state index in [1.54, 1.807) is 0 Å². The van der Waals surface area contributed by atoms with Crippen LogP contribution in [0.2, 0.25) is 8.67 Å². The summed E-state index contributed by atoms with van der Waals surface area (Å²) in [6.45, 7) is 4.98. The number of aryl methyl sites for hydroxylation is 1. The first-order valence-corrected chi connectivity index (χ1v) is 9.23. The lowest BCUT2D eigenvalue weighted by Crippen LogP contribution is -2.22. The van der Waals surface area contributed by atoms with E-state index in [0.717, 1.165) is 31.0 Å². The molecule has 1 unspecified atom stereocenters. The van der Waals surface area contributed by atoms with Crippen LogP contribution >= 0.6 is 66.4 Å². The Bertz CT molecular complexity index is 628. The zero-order valence-electron chi connectivity index (χ0n) is 10.9. The minimum Gasteiger partial charge on any atom is -0.306 e. The van der Waals surface area contributed by atoms with Gasteiger partial charge >= 0.3 is 0 Å². The van der Waals surface area contributed by atoms with Crippen LogP contribution in [0.1, 0.15) is 29.7 Å².